The lowest BCUT2D eigenvalue weighted by Gasteiger charge is -2.31. The van der Waals surface area contributed by atoms with E-state index in [4.69, 9.17) is 0 Å². The number of aromatic nitrogens is 3. The molecule has 0 atom stereocenters. The Bertz CT molecular complexity index is 1010. The summed E-state index contributed by atoms with van der Waals surface area (Å²) in [4.78, 5) is 21.0. The summed E-state index contributed by atoms with van der Waals surface area (Å²) in [6.07, 6.45) is 4.98. The molecule has 3 aromatic rings. The van der Waals surface area contributed by atoms with Crippen LogP contribution in [0.3, 0.4) is 0 Å². The van der Waals surface area contributed by atoms with E-state index in [9.17, 15) is 9.18 Å². The first-order valence-electron chi connectivity index (χ1n) is 9.27. The highest BCUT2D eigenvalue weighted by molar-refractivity contribution is 5.94. The van der Waals surface area contributed by atoms with Crippen LogP contribution in [0.15, 0.2) is 36.8 Å². The zero-order valence-electron chi connectivity index (χ0n) is 16.0. The number of hydrogen-bond acceptors (Lipinski definition) is 5. The number of pyridine rings is 1. The molecule has 1 aromatic carbocycles. The minimum absolute atomic E-state index is 0.0917. The van der Waals surface area contributed by atoms with E-state index in [0.29, 0.717) is 28.9 Å². The zero-order chi connectivity index (χ0) is 19.7. The molecule has 0 radical (unpaired) electrons. The van der Waals surface area contributed by atoms with Crippen molar-refractivity contribution in [2.45, 2.75) is 0 Å². The smallest absolute Gasteiger partial charge is 0.239 e. The van der Waals surface area contributed by atoms with Gasteiger partial charge < -0.3 is 10.2 Å². The molecule has 0 spiro atoms. The normalized spacial score (nSPS) is 15.8. The third-order valence-corrected chi connectivity index (χ3v) is 5.05. The molecule has 1 amide bonds. The molecule has 0 saturated carbocycles. The topological polar surface area (TPSA) is 66.3 Å². The molecule has 2 aromatic heterocycles. The van der Waals surface area contributed by atoms with Crippen LogP contribution in [0.4, 0.5) is 10.2 Å². The highest BCUT2D eigenvalue weighted by Gasteiger charge is 2.17. The van der Waals surface area contributed by atoms with E-state index in [1.54, 1.807) is 42.5 Å². The van der Waals surface area contributed by atoms with Crippen LogP contribution < -0.4 is 5.32 Å². The van der Waals surface area contributed by atoms with Gasteiger partial charge in [-0.2, -0.15) is 5.10 Å². The van der Waals surface area contributed by atoms with Crippen LogP contribution in [0.1, 0.15) is 0 Å². The summed E-state index contributed by atoms with van der Waals surface area (Å²) in [5.74, 6) is 0.0514. The number of amides is 1. The van der Waals surface area contributed by atoms with Gasteiger partial charge in [-0.25, -0.2) is 9.37 Å². The predicted octanol–water partition coefficient (Wildman–Crippen LogP) is 1.96. The van der Waals surface area contributed by atoms with Crippen molar-refractivity contribution in [3.8, 4) is 11.1 Å². The fourth-order valence-corrected chi connectivity index (χ4v) is 3.41. The van der Waals surface area contributed by atoms with Gasteiger partial charge in [-0.1, -0.05) is 0 Å². The minimum Gasteiger partial charge on any atom is -0.310 e. The van der Waals surface area contributed by atoms with Gasteiger partial charge in [-0.15, -0.1) is 0 Å². The second-order valence-corrected chi connectivity index (χ2v) is 7.28. The van der Waals surface area contributed by atoms with E-state index < -0.39 is 0 Å². The average Bonchev–Trinajstić information content (AvgIpc) is 3.09. The molecule has 0 unspecified atom stereocenters. The lowest BCUT2D eigenvalue weighted by atomic mass is 10.0. The number of piperazine rings is 1. The molecule has 1 N–H and O–H groups in total. The van der Waals surface area contributed by atoms with Crippen LogP contribution in [-0.4, -0.2) is 70.2 Å². The number of likely N-dealkylation sites (N-methyl/N-ethyl adjacent to an activating group) is 1. The molecule has 3 heterocycles. The largest absolute Gasteiger partial charge is 0.310 e. The summed E-state index contributed by atoms with van der Waals surface area (Å²) < 4.78 is 16.1. The molecule has 1 fully saturated rings. The van der Waals surface area contributed by atoms with Crippen molar-refractivity contribution < 1.29 is 9.18 Å². The number of rotatable bonds is 4. The van der Waals surface area contributed by atoms with Crippen molar-refractivity contribution >= 4 is 22.5 Å². The Hall–Kier alpha value is -2.84. The summed E-state index contributed by atoms with van der Waals surface area (Å²) in [6.45, 7) is 4.03. The van der Waals surface area contributed by atoms with Gasteiger partial charge in [0.1, 0.15) is 11.6 Å². The Labute approximate surface area is 162 Å². The third kappa shape index (κ3) is 4.02. The molecule has 1 saturated heterocycles. The van der Waals surface area contributed by atoms with Gasteiger partial charge in [0.15, 0.2) is 0 Å². The van der Waals surface area contributed by atoms with E-state index in [1.165, 1.54) is 6.07 Å². The number of halogens is 1. The lowest BCUT2D eigenvalue weighted by molar-refractivity contribution is -0.117. The first kappa shape index (κ1) is 18.5. The molecule has 4 rings (SSSR count). The Morgan fingerprint density at radius 1 is 1.11 bits per heavy atom. The Balaban J connectivity index is 1.52. The predicted molar refractivity (Wildman–Crippen MR) is 106 cm³/mol. The number of hydrogen-bond donors (Lipinski definition) is 1. The lowest BCUT2D eigenvalue weighted by Crippen LogP contribution is -2.47. The van der Waals surface area contributed by atoms with Gasteiger partial charge >= 0.3 is 0 Å². The summed E-state index contributed by atoms with van der Waals surface area (Å²) >= 11 is 0. The number of carbonyl (C=O) groups excluding carboxylic acids is 1. The van der Waals surface area contributed by atoms with Crippen LogP contribution in [0.2, 0.25) is 0 Å². The Morgan fingerprint density at radius 2 is 1.89 bits per heavy atom. The maximum atomic E-state index is 14.5. The molecule has 8 heteroatoms. The number of fused-ring (bicyclic) bond motifs is 1. The maximum Gasteiger partial charge on any atom is 0.239 e. The molecular weight excluding hydrogens is 359 g/mol. The third-order valence-electron chi connectivity index (χ3n) is 5.05. The van der Waals surface area contributed by atoms with Crippen LogP contribution in [0.25, 0.3) is 21.9 Å². The van der Waals surface area contributed by atoms with E-state index in [-0.39, 0.29) is 11.7 Å². The van der Waals surface area contributed by atoms with Crippen molar-refractivity contribution in [3.05, 3.63) is 42.6 Å². The van der Waals surface area contributed by atoms with Crippen LogP contribution in [0.5, 0.6) is 0 Å². The molecular formula is C20H23FN6O. The summed E-state index contributed by atoms with van der Waals surface area (Å²) in [5.41, 5.74) is 1.18. The highest BCUT2D eigenvalue weighted by atomic mass is 19.1. The molecule has 1 aliphatic rings. The van der Waals surface area contributed by atoms with Crippen LogP contribution in [-0.2, 0) is 11.8 Å². The molecule has 0 aliphatic carbocycles. The fraction of sp³-hybridized carbons (Fsp3) is 0.350. The molecule has 146 valence electrons. The molecule has 0 bridgehead atoms. The first-order chi connectivity index (χ1) is 13.5. The summed E-state index contributed by atoms with van der Waals surface area (Å²) in [5, 5.41) is 8.45. The second-order valence-electron chi connectivity index (χ2n) is 7.28. The standard InChI is InChI=1S/C20H23FN6O/c1-25-3-5-27(6-4-25)13-20(28)24-19-9-14-7-17(16-11-23-26(2)12-16)18(21)8-15(14)10-22-19/h7-12H,3-6,13H2,1-2H3,(H,22,24,28). The number of carbonyl (C=O) groups is 1. The number of nitrogens with one attached hydrogen (secondary N) is 1. The quantitative estimate of drug-likeness (QED) is 0.747. The van der Waals surface area contributed by atoms with Gasteiger partial charge in [0.2, 0.25) is 5.91 Å². The first-order valence-corrected chi connectivity index (χ1v) is 9.27. The second kappa shape index (κ2) is 7.65. The number of aryl methyl sites for hydroxylation is 1. The van der Waals surface area contributed by atoms with Gasteiger partial charge in [-0.05, 0) is 30.6 Å². The number of benzene rings is 1. The van der Waals surface area contributed by atoms with E-state index in [0.717, 1.165) is 31.6 Å². The zero-order valence-corrected chi connectivity index (χ0v) is 16.0. The highest BCUT2D eigenvalue weighted by Crippen LogP contribution is 2.28. The Kier molecular flexibility index (Phi) is 5.06. The molecule has 7 nitrogen and oxygen atoms in total. The number of nitrogens with zero attached hydrogens (tertiary/aromatic N) is 5. The van der Waals surface area contributed by atoms with E-state index in [2.05, 4.69) is 32.2 Å². The van der Waals surface area contributed by atoms with Crippen LogP contribution in [0, 0.1) is 5.82 Å². The van der Waals surface area contributed by atoms with Crippen molar-refractivity contribution in [1.29, 1.82) is 0 Å². The van der Waals surface area contributed by atoms with Gasteiger partial charge in [0, 0.05) is 62.1 Å². The van der Waals surface area contributed by atoms with Crippen molar-refractivity contribution in [2.75, 3.05) is 45.1 Å². The van der Waals surface area contributed by atoms with E-state index >= 15 is 0 Å². The summed E-state index contributed by atoms with van der Waals surface area (Å²) in [7, 11) is 3.87. The van der Waals surface area contributed by atoms with Gasteiger partial charge in [0.25, 0.3) is 0 Å². The molecule has 1 aliphatic heterocycles. The maximum absolute atomic E-state index is 14.5. The number of anilines is 1. The fourth-order valence-electron chi connectivity index (χ4n) is 3.41. The van der Waals surface area contributed by atoms with Crippen molar-refractivity contribution in [1.82, 2.24) is 24.6 Å². The average molecular weight is 382 g/mol. The minimum atomic E-state index is -0.325. The SMILES string of the molecule is CN1CCN(CC(=O)Nc2cc3cc(-c4cnn(C)c4)c(F)cc3cn2)CC1. The van der Waals surface area contributed by atoms with Gasteiger partial charge in [-0.3, -0.25) is 14.4 Å². The van der Waals surface area contributed by atoms with Gasteiger partial charge in [0.05, 0.1) is 12.7 Å². The monoisotopic (exact) mass is 382 g/mol. The van der Waals surface area contributed by atoms with Crippen molar-refractivity contribution in [2.24, 2.45) is 7.05 Å². The molecule has 28 heavy (non-hydrogen) atoms. The Morgan fingerprint density at radius 3 is 2.61 bits per heavy atom. The van der Waals surface area contributed by atoms with Crippen molar-refractivity contribution in [3.63, 3.8) is 0 Å². The van der Waals surface area contributed by atoms with E-state index in [1.807, 2.05) is 0 Å². The van der Waals surface area contributed by atoms with Crippen LogP contribution >= 0.6 is 0 Å². The summed E-state index contributed by atoms with van der Waals surface area (Å²) in [6, 6.07) is 5.00.